The minimum Gasteiger partial charge on any atom is -0.508 e. The van der Waals surface area contributed by atoms with Crippen molar-refractivity contribution in [3.05, 3.63) is 39.8 Å². The Hall–Kier alpha value is -1.76. The normalized spacial score (nSPS) is 17.2. The Balaban J connectivity index is 2.00. The number of β-amino-alcohol motifs (C(OH)–C–C–N with tert-alkyl or cyclic N) is 1. The number of hydrogen-bond acceptors (Lipinski definition) is 5. The molecule has 0 bridgehead atoms. The molecule has 140 valence electrons. The molecule has 0 spiro atoms. The van der Waals surface area contributed by atoms with Crippen LogP contribution in [0, 0.1) is 5.95 Å². The molecule has 1 aromatic heterocycles. The predicted molar refractivity (Wildman–Crippen MR) is 99.3 cm³/mol. The number of hydrogen-bond donors (Lipinski definition) is 2. The van der Waals surface area contributed by atoms with E-state index in [9.17, 15) is 14.6 Å². The number of rotatable bonds is 4. The molecule has 0 unspecified atom stereocenters. The van der Waals surface area contributed by atoms with Crippen molar-refractivity contribution in [1.82, 2.24) is 4.98 Å². The molecule has 2 aromatic rings. The maximum Gasteiger partial charge on any atom is 0.237 e. The summed E-state index contributed by atoms with van der Waals surface area (Å²) < 4.78 is 20.0. The standard InChI is InChI=1S/C18H19Cl2FN2O3/c1-9(2)12-7-11(3-4-13(12)25)26-16-14(19)17(21)22-18(15(16)20)23-6-5-10(24)8-23/h3-4,7,9-10,24-25H,5-6,8H2,1-2H3/t10-/m1/s1. The SMILES string of the molecule is CC(C)c1cc(Oc2c(Cl)c(F)nc(N3CC[C@@H](O)C3)c2Cl)ccc1O. The van der Waals surface area contributed by atoms with Crippen LogP contribution >= 0.6 is 23.2 Å². The number of phenolic OH excluding ortho intramolecular Hbond substituents is 1. The summed E-state index contributed by atoms with van der Waals surface area (Å²) in [6, 6.07) is 4.71. The molecule has 8 heteroatoms. The Morgan fingerprint density at radius 3 is 2.65 bits per heavy atom. The lowest BCUT2D eigenvalue weighted by Crippen LogP contribution is -2.23. The predicted octanol–water partition coefficient (Wildman–Crippen LogP) is 4.72. The molecular formula is C18H19Cl2FN2O3. The number of pyridine rings is 1. The van der Waals surface area contributed by atoms with E-state index in [-0.39, 0.29) is 33.3 Å². The summed E-state index contributed by atoms with van der Waals surface area (Å²) in [5.74, 6) is -0.170. The number of aromatic nitrogens is 1. The van der Waals surface area contributed by atoms with Gasteiger partial charge in [-0.25, -0.2) is 0 Å². The zero-order valence-electron chi connectivity index (χ0n) is 14.3. The van der Waals surface area contributed by atoms with Crippen LogP contribution in [0.5, 0.6) is 17.2 Å². The van der Waals surface area contributed by atoms with E-state index in [1.807, 2.05) is 13.8 Å². The fraction of sp³-hybridized carbons (Fsp3) is 0.389. The van der Waals surface area contributed by atoms with E-state index in [2.05, 4.69) is 4.98 Å². The van der Waals surface area contributed by atoms with E-state index < -0.39 is 12.1 Å². The van der Waals surface area contributed by atoms with Gasteiger partial charge in [-0.3, -0.25) is 0 Å². The third kappa shape index (κ3) is 3.68. The van der Waals surface area contributed by atoms with Gasteiger partial charge in [-0.05, 0) is 30.5 Å². The van der Waals surface area contributed by atoms with Crippen LogP contribution in [0.15, 0.2) is 18.2 Å². The molecule has 0 amide bonds. The smallest absolute Gasteiger partial charge is 0.237 e. The highest BCUT2D eigenvalue weighted by molar-refractivity contribution is 6.38. The first-order valence-corrected chi connectivity index (χ1v) is 9.01. The van der Waals surface area contributed by atoms with Gasteiger partial charge >= 0.3 is 0 Å². The van der Waals surface area contributed by atoms with Crippen LogP contribution in [0.2, 0.25) is 10.0 Å². The van der Waals surface area contributed by atoms with Crippen LogP contribution in [-0.4, -0.2) is 34.4 Å². The summed E-state index contributed by atoms with van der Waals surface area (Å²) >= 11 is 12.4. The van der Waals surface area contributed by atoms with Crippen molar-refractivity contribution in [2.24, 2.45) is 0 Å². The largest absolute Gasteiger partial charge is 0.508 e. The number of ether oxygens (including phenoxy) is 1. The summed E-state index contributed by atoms with van der Waals surface area (Å²) in [6.07, 6.45) is 0.0374. The summed E-state index contributed by atoms with van der Waals surface area (Å²) in [6.45, 7) is 4.68. The molecule has 1 saturated heterocycles. The highest BCUT2D eigenvalue weighted by Gasteiger charge is 2.28. The first-order chi connectivity index (χ1) is 12.3. The molecule has 1 fully saturated rings. The number of anilines is 1. The molecule has 1 aromatic carbocycles. The Morgan fingerprint density at radius 1 is 1.31 bits per heavy atom. The lowest BCUT2D eigenvalue weighted by molar-refractivity contribution is 0.198. The van der Waals surface area contributed by atoms with Crippen LogP contribution in [0.3, 0.4) is 0 Å². The number of nitrogens with zero attached hydrogens (tertiary/aromatic N) is 2. The van der Waals surface area contributed by atoms with Gasteiger partial charge in [0.1, 0.15) is 21.5 Å². The number of benzene rings is 1. The van der Waals surface area contributed by atoms with Gasteiger partial charge in [-0.1, -0.05) is 37.0 Å². The molecule has 26 heavy (non-hydrogen) atoms. The molecule has 0 radical (unpaired) electrons. The van der Waals surface area contributed by atoms with Crippen LogP contribution in [0.4, 0.5) is 10.2 Å². The van der Waals surface area contributed by atoms with Gasteiger partial charge in [0.2, 0.25) is 5.95 Å². The van der Waals surface area contributed by atoms with Crippen LogP contribution in [0.1, 0.15) is 31.7 Å². The fourth-order valence-corrected chi connectivity index (χ4v) is 3.41. The van der Waals surface area contributed by atoms with Crippen molar-refractivity contribution in [2.75, 3.05) is 18.0 Å². The third-order valence-corrected chi connectivity index (χ3v) is 4.95. The Morgan fingerprint density at radius 2 is 2.04 bits per heavy atom. The molecule has 2 heterocycles. The maximum atomic E-state index is 14.2. The molecule has 1 aliphatic heterocycles. The summed E-state index contributed by atoms with van der Waals surface area (Å²) in [7, 11) is 0. The Labute approximate surface area is 160 Å². The van der Waals surface area contributed by atoms with Crippen molar-refractivity contribution >= 4 is 29.0 Å². The van der Waals surface area contributed by atoms with Crippen molar-refractivity contribution in [2.45, 2.75) is 32.3 Å². The van der Waals surface area contributed by atoms with Crippen molar-refractivity contribution in [3.8, 4) is 17.2 Å². The van der Waals surface area contributed by atoms with Gasteiger partial charge < -0.3 is 19.8 Å². The van der Waals surface area contributed by atoms with Gasteiger partial charge in [0, 0.05) is 18.7 Å². The highest BCUT2D eigenvalue weighted by atomic mass is 35.5. The summed E-state index contributed by atoms with van der Waals surface area (Å²) in [5.41, 5.74) is 0.687. The average Bonchev–Trinajstić information content (AvgIpc) is 3.02. The molecular weight excluding hydrogens is 382 g/mol. The van der Waals surface area contributed by atoms with E-state index in [0.717, 1.165) is 0 Å². The number of phenols is 1. The highest BCUT2D eigenvalue weighted by Crippen LogP contribution is 2.43. The van der Waals surface area contributed by atoms with Crippen molar-refractivity contribution in [1.29, 1.82) is 0 Å². The molecule has 3 rings (SSSR count). The van der Waals surface area contributed by atoms with Crippen molar-refractivity contribution < 1.29 is 19.3 Å². The zero-order chi connectivity index (χ0) is 19.0. The van der Waals surface area contributed by atoms with E-state index >= 15 is 0 Å². The molecule has 0 aliphatic carbocycles. The molecule has 1 aliphatic rings. The van der Waals surface area contributed by atoms with Gasteiger partial charge in [0.25, 0.3) is 0 Å². The first kappa shape index (κ1) is 19.0. The van der Waals surface area contributed by atoms with Crippen molar-refractivity contribution in [3.63, 3.8) is 0 Å². The number of halogens is 3. The van der Waals surface area contributed by atoms with Gasteiger partial charge in [-0.2, -0.15) is 9.37 Å². The van der Waals surface area contributed by atoms with Crippen LogP contribution < -0.4 is 9.64 Å². The maximum absolute atomic E-state index is 14.2. The lowest BCUT2D eigenvalue weighted by atomic mass is 10.0. The quantitative estimate of drug-likeness (QED) is 0.726. The van der Waals surface area contributed by atoms with E-state index in [1.165, 1.54) is 6.07 Å². The first-order valence-electron chi connectivity index (χ1n) is 8.26. The summed E-state index contributed by atoms with van der Waals surface area (Å²) in [4.78, 5) is 5.51. The van der Waals surface area contributed by atoms with E-state index in [1.54, 1.807) is 17.0 Å². The number of aromatic hydroxyl groups is 1. The summed E-state index contributed by atoms with van der Waals surface area (Å²) in [5, 5.41) is 19.4. The second-order valence-corrected chi connectivity index (χ2v) is 7.31. The number of aliphatic hydroxyl groups is 1. The van der Waals surface area contributed by atoms with Gasteiger partial charge in [-0.15, -0.1) is 0 Å². The minimum absolute atomic E-state index is 0.0439. The van der Waals surface area contributed by atoms with E-state index in [0.29, 0.717) is 30.8 Å². The van der Waals surface area contributed by atoms with E-state index in [4.69, 9.17) is 27.9 Å². The topological polar surface area (TPSA) is 65.8 Å². The average molecular weight is 401 g/mol. The van der Waals surface area contributed by atoms with Crippen LogP contribution in [-0.2, 0) is 0 Å². The zero-order valence-corrected chi connectivity index (χ0v) is 15.9. The number of aliphatic hydroxyl groups excluding tert-OH is 1. The molecule has 5 nitrogen and oxygen atoms in total. The molecule has 0 saturated carbocycles. The monoisotopic (exact) mass is 400 g/mol. The van der Waals surface area contributed by atoms with Gasteiger partial charge in [0.05, 0.1) is 6.10 Å². The minimum atomic E-state index is -0.898. The second-order valence-electron chi connectivity index (χ2n) is 6.55. The van der Waals surface area contributed by atoms with Crippen LogP contribution in [0.25, 0.3) is 0 Å². The second kappa shape index (κ2) is 7.47. The van der Waals surface area contributed by atoms with Gasteiger partial charge in [0.15, 0.2) is 11.6 Å². The Kier molecular flexibility index (Phi) is 5.46. The fourth-order valence-electron chi connectivity index (χ4n) is 2.89. The lowest BCUT2D eigenvalue weighted by Gasteiger charge is -2.21. The third-order valence-electron chi connectivity index (χ3n) is 4.28. The molecule has 2 N–H and O–H groups in total. The Bertz CT molecular complexity index is 833. The molecule has 1 atom stereocenters.